The second-order valence-corrected chi connectivity index (χ2v) is 10.3. The second-order valence-electron chi connectivity index (χ2n) is 5.53. The zero-order valence-electron chi connectivity index (χ0n) is 13.3. The summed E-state index contributed by atoms with van der Waals surface area (Å²) in [6.07, 6.45) is 3.27. The standard InChI is InChI=1S/C15H19NO6P2/c1-22-14-7-3-5-12(9-14)13-6-4-8-16(10-13)11-15(23(2,17)18)24(19,20)21/h3-10,15H,11H2,1-2H3,(H2-,17,18,19,20,21)/p+1. The van der Waals surface area contributed by atoms with Crippen LogP contribution < -0.4 is 9.30 Å². The van der Waals surface area contributed by atoms with Crippen molar-refractivity contribution in [2.75, 3.05) is 13.8 Å². The Bertz CT molecular complexity index is 791. The minimum absolute atomic E-state index is 0.258. The van der Waals surface area contributed by atoms with E-state index in [-0.39, 0.29) is 6.54 Å². The van der Waals surface area contributed by atoms with Crippen molar-refractivity contribution in [1.29, 1.82) is 0 Å². The van der Waals surface area contributed by atoms with Crippen LogP contribution in [0.2, 0.25) is 0 Å². The Labute approximate surface area is 140 Å². The lowest BCUT2D eigenvalue weighted by Crippen LogP contribution is -2.39. The van der Waals surface area contributed by atoms with Gasteiger partial charge in [0, 0.05) is 18.3 Å². The molecule has 2 rings (SSSR count). The van der Waals surface area contributed by atoms with Gasteiger partial charge in [0.25, 0.3) is 0 Å². The van der Waals surface area contributed by atoms with E-state index in [0.29, 0.717) is 5.75 Å². The molecule has 0 aliphatic rings. The first kappa shape index (κ1) is 18.8. The highest BCUT2D eigenvalue weighted by Gasteiger charge is 2.43. The van der Waals surface area contributed by atoms with Gasteiger partial charge in [-0.3, -0.25) is 9.13 Å². The molecule has 2 atom stereocenters. The maximum atomic E-state index is 11.8. The van der Waals surface area contributed by atoms with Crippen LogP contribution in [0.15, 0.2) is 48.8 Å². The summed E-state index contributed by atoms with van der Waals surface area (Å²) in [5, 5.41) is -1.64. The molecule has 24 heavy (non-hydrogen) atoms. The Balaban J connectivity index is 2.36. The fourth-order valence-electron chi connectivity index (χ4n) is 2.33. The number of methoxy groups -OCH3 is 1. The molecule has 0 spiro atoms. The Morgan fingerprint density at radius 3 is 2.38 bits per heavy atom. The van der Waals surface area contributed by atoms with Gasteiger partial charge in [-0.05, 0) is 23.8 Å². The van der Waals surface area contributed by atoms with Crippen LogP contribution in [0.4, 0.5) is 0 Å². The van der Waals surface area contributed by atoms with Gasteiger partial charge >= 0.3 is 7.60 Å². The largest absolute Gasteiger partial charge is 0.497 e. The summed E-state index contributed by atoms with van der Waals surface area (Å²) in [4.78, 5) is 28.4. The molecule has 0 bridgehead atoms. The zero-order valence-corrected chi connectivity index (χ0v) is 15.1. The van der Waals surface area contributed by atoms with Crippen molar-refractivity contribution in [3.05, 3.63) is 48.8 Å². The molecule has 0 saturated carbocycles. The lowest BCUT2D eigenvalue weighted by molar-refractivity contribution is -0.694. The number of rotatable bonds is 6. The van der Waals surface area contributed by atoms with Crippen molar-refractivity contribution in [2.45, 2.75) is 11.9 Å². The molecule has 0 fully saturated rings. The first-order valence-electron chi connectivity index (χ1n) is 7.10. The molecule has 2 unspecified atom stereocenters. The van der Waals surface area contributed by atoms with Crippen LogP contribution in [0.25, 0.3) is 11.1 Å². The number of pyridine rings is 1. The van der Waals surface area contributed by atoms with Crippen molar-refractivity contribution in [2.24, 2.45) is 0 Å². The summed E-state index contributed by atoms with van der Waals surface area (Å²) in [5.74, 6) is 0.685. The van der Waals surface area contributed by atoms with E-state index in [2.05, 4.69) is 0 Å². The summed E-state index contributed by atoms with van der Waals surface area (Å²) < 4.78 is 30.1. The van der Waals surface area contributed by atoms with Crippen molar-refractivity contribution in [1.82, 2.24) is 0 Å². The quantitative estimate of drug-likeness (QED) is 0.529. The fraction of sp³-hybridized carbons (Fsp3) is 0.267. The van der Waals surface area contributed by atoms with Crippen LogP contribution >= 0.6 is 15.0 Å². The minimum atomic E-state index is -4.72. The molecule has 130 valence electrons. The van der Waals surface area contributed by atoms with Gasteiger partial charge < -0.3 is 19.4 Å². The number of hydrogen-bond donors (Lipinski definition) is 3. The van der Waals surface area contributed by atoms with Gasteiger partial charge in [0.1, 0.15) is 5.75 Å². The Hall–Kier alpha value is -1.49. The highest BCUT2D eigenvalue weighted by atomic mass is 31.2. The van der Waals surface area contributed by atoms with Gasteiger partial charge in [-0.2, -0.15) is 0 Å². The van der Waals surface area contributed by atoms with Crippen LogP contribution in [0, 0.1) is 0 Å². The topological polar surface area (TPSA) is 108 Å². The summed E-state index contributed by atoms with van der Waals surface area (Å²) in [5.41, 5.74) is 1.66. The van der Waals surface area contributed by atoms with Crippen LogP contribution in [-0.4, -0.2) is 33.9 Å². The highest BCUT2D eigenvalue weighted by molar-refractivity contribution is 7.73. The minimum Gasteiger partial charge on any atom is -0.497 e. The molecule has 0 radical (unpaired) electrons. The van der Waals surface area contributed by atoms with Gasteiger partial charge in [-0.15, -0.1) is 0 Å². The lowest BCUT2D eigenvalue weighted by atomic mass is 10.1. The first-order chi connectivity index (χ1) is 11.1. The van der Waals surface area contributed by atoms with Gasteiger partial charge in [-0.1, -0.05) is 12.1 Å². The molecule has 3 N–H and O–H groups in total. The van der Waals surface area contributed by atoms with E-state index < -0.39 is 20.4 Å². The summed E-state index contributed by atoms with van der Waals surface area (Å²) >= 11 is 0. The molecule has 1 aromatic carbocycles. The van der Waals surface area contributed by atoms with Gasteiger partial charge in [0.05, 0.1) is 7.11 Å². The molecule has 1 heterocycles. The third-order valence-electron chi connectivity index (χ3n) is 3.58. The summed E-state index contributed by atoms with van der Waals surface area (Å²) in [7, 11) is -7.12. The second kappa shape index (κ2) is 7.18. The number of aromatic nitrogens is 1. The van der Waals surface area contributed by atoms with Crippen LogP contribution in [-0.2, 0) is 15.7 Å². The molecule has 0 aliphatic carbocycles. The molecule has 0 amide bonds. The average Bonchev–Trinajstić information content (AvgIpc) is 2.51. The third kappa shape index (κ3) is 4.76. The SMILES string of the molecule is COc1cccc(-c2ccc[n+](CC(P(C)(=O)O)P(=O)(O)O)c2)c1. The molecule has 2 aromatic rings. The van der Waals surface area contributed by atoms with E-state index in [9.17, 15) is 23.8 Å². The van der Waals surface area contributed by atoms with Crippen molar-refractivity contribution >= 4 is 15.0 Å². The monoisotopic (exact) mass is 372 g/mol. The highest BCUT2D eigenvalue weighted by Crippen LogP contribution is 2.60. The molecular weight excluding hydrogens is 352 g/mol. The number of benzene rings is 1. The normalized spacial score (nSPS) is 15.5. The van der Waals surface area contributed by atoms with E-state index in [1.807, 2.05) is 30.3 Å². The molecule has 9 heteroatoms. The van der Waals surface area contributed by atoms with E-state index >= 15 is 0 Å². The van der Waals surface area contributed by atoms with E-state index in [0.717, 1.165) is 17.8 Å². The fourth-order valence-corrected chi connectivity index (χ4v) is 5.46. The van der Waals surface area contributed by atoms with Crippen LogP contribution in [0.1, 0.15) is 0 Å². The Kier molecular flexibility index (Phi) is 5.63. The Morgan fingerprint density at radius 1 is 1.12 bits per heavy atom. The van der Waals surface area contributed by atoms with Gasteiger partial charge in [0.15, 0.2) is 24.3 Å². The van der Waals surface area contributed by atoms with Crippen LogP contribution in [0.3, 0.4) is 0 Å². The maximum Gasteiger partial charge on any atom is 0.344 e. The number of hydrogen-bond acceptors (Lipinski definition) is 3. The molecule has 7 nitrogen and oxygen atoms in total. The van der Waals surface area contributed by atoms with E-state index in [1.54, 1.807) is 25.6 Å². The number of ether oxygens (including phenoxy) is 1. The smallest absolute Gasteiger partial charge is 0.344 e. The van der Waals surface area contributed by atoms with E-state index in [4.69, 9.17) is 4.74 Å². The lowest BCUT2D eigenvalue weighted by Gasteiger charge is -2.18. The maximum absolute atomic E-state index is 11.8. The van der Waals surface area contributed by atoms with Gasteiger partial charge in [0.2, 0.25) is 7.37 Å². The number of nitrogens with zero attached hydrogens (tertiary/aromatic N) is 1. The molecule has 0 aliphatic heterocycles. The van der Waals surface area contributed by atoms with Crippen molar-refractivity contribution in [3.63, 3.8) is 0 Å². The van der Waals surface area contributed by atoms with Gasteiger partial charge in [-0.25, -0.2) is 4.57 Å². The third-order valence-corrected chi connectivity index (χ3v) is 7.97. The average molecular weight is 372 g/mol. The molecule has 0 saturated heterocycles. The molecular formula is C15H20NO6P2+. The zero-order chi connectivity index (χ0) is 18.0. The Morgan fingerprint density at radius 2 is 1.79 bits per heavy atom. The predicted molar refractivity (Wildman–Crippen MR) is 90.2 cm³/mol. The summed E-state index contributed by atoms with van der Waals surface area (Å²) in [6.45, 7) is 0.704. The molecule has 1 aromatic heterocycles. The van der Waals surface area contributed by atoms with Crippen molar-refractivity contribution in [3.8, 4) is 16.9 Å². The van der Waals surface area contributed by atoms with E-state index in [1.165, 1.54) is 4.57 Å². The first-order valence-corrected chi connectivity index (χ1v) is 11.0. The predicted octanol–water partition coefficient (Wildman–Crippen LogP) is 2.05. The van der Waals surface area contributed by atoms with Crippen molar-refractivity contribution < 1.29 is 33.1 Å². The van der Waals surface area contributed by atoms with Crippen LogP contribution in [0.5, 0.6) is 5.75 Å². The summed E-state index contributed by atoms with van der Waals surface area (Å²) in [6, 6.07) is 10.9.